The molecule has 32 heavy (non-hydrogen) atoms. The van der Waals surface area contributed by atoms with E-state index in [1.165, 1.54) is 35.6 Å². The molecular formula is C28H30ClNO2. The maximum absolute atomic E-state index is 11.1. The Morgan fingerprint density at radius 1 is 0.938 bits per heavy atom. The highest BCUT2D eigenvalue weighted by Gasteiger charge is 2.56. The number of rotatable bonds is 6. The summed E-state index contributed by atoms with van der Waals surface area (Å²) in [5, 5.41) is 18.3. The zero-order valence-corrected chi connectivity index (χ0v) is 19.1. The highest BCUT2D eigenvalue weighted by molar-refractivity contribution is 6.30. The van der Waals surface area contributed by atoms with Gasteiger partial charge in [-0.2, -0.15) is 0 Å². The molecular weight excluding hydrogens is 418 g/mol. The lowest BCUT2D eigenvalue weighted by atomic mass is 9.51. The van der Waals surface area contributed by atoms with Crippen molar-refractivity contribution >= 4 is 22.4 Å². The van der Waals surface area contributed by atoms with E-state index in [1.54, 1.807) is 0 Å². The summed E-state index contributed by atoms with van der Waals surface area (Å²) in [6.07, 6.45) is 6.57. The van der Waals surface area contributed by atoms with Crippen LogP contribution in [0.4, 0.5) is 0 Å². The third kappa shape index (κ3) is 3.81. The van der Waals surface area contributed by atoms with Crippen molar-refractivity contribution in [1.82, 2.24) is 5.32 Å². The first-order valence-electron chi connectivity index (χ1n) is 11.8. The largest absolute Gasteiger partial charge is 0.489 e. The summed E-state index contributed by atoms with van der Waals surface area (Å²) in [6, 6.07) is 20.6. The van der Waals surface area contributed by atoms with E-state index in [0.717, 1.165) is 42.1 Å². The van der Waals surface area contributed by atoms with Gasteiger partial charge in [-0.3, -0.25) is 0 Å². The van der Waals surface area contributed by atoms with E-state index in [1.807, 2.05) is 24.3 Å². The first-order valence-corrected chi connectivity index (χ1v) is 12.2. The molecule has 0 spiro atoms. The molecule has 3 aromatic carbocycles. The number of fused-ring (bicyclic) bond motifs is 1. The molecule has 2 N–H and O–H groups in total. The van der Waals surface area contributed by atoms with E-state index >= 15 is 0 Å². The third-order valence-corrected chi connectivity index (χ3v) is 8.23. The van der Waals surface area contributed by atoms with Crippen molar-refractivity contribution in [2.75, 3.05) is 0 Å². The predicted molar refractivity (Wildman–Crippen MR) is 129 cm³/mol. The molecule has 0 heterocycles. The van der Waals surface area contributed by atoms with Gasteiger partial charge in [-0.05, 0) is 84.9 Å². The van der Waals surface area contributed by atoms with Gasteiger partial charge in [0.15, 0.2) is 0 Å². The number of nitrogens with one attached hydrogen (secondary N) is 1. The van der Waals surface area contributed by atoms with Crippen LogP contribution in [0.1, 0.15) is 49.7 Å². The lowest BCUT2D eigenvalue weighted by Gasteiger charge is -2.60. The number of ether oxygens (including phenoxy) is 1. The summed E-state index contributed by atoms with van der Waals surface area (Å²) in [6.45, 7) is 1.27. The van der Waals surface area contributed by atoms with Gasteiger partial charge in [0.1, 0.15) is 12.4 Å². The molecule has 166 valence electrons. The van der Waals surface area contributed by atoms with Crippen LogP contribution in [-0.2, 0) is 13.2 Å². The summed E-state index contributed by atoms with van der Waals surface area (Å²) in [7, 11) is 0. The van der Waals surface area contributed by atoms with Crippen molar-refractivity contribution in [2.24, 2.45) is 11.8 Å². The van der Waals surface area contributed by atoms with Crippen LogP contribution in [-0.4, -0.2) is 16.2 Å². The molecule has 0 radical (unpaired) electrons. The number of hydrogen-bond donors (Lipinski definition) is 2. The number of benzene rings is 3. The van der Waals surface area contributed by atoms with Gasteiger partial charge in [-0.1, -0.05) is 54.1 Å². The summed E-state index contributed by atoms with van der Waals surface area (Å²) in [4.78, 5) is 0. The Kier molecular flexibility index (Phi) is 4.98. The minimum atomic E-state index is -0.455. The van der Waals surface area contributed by atoms with Gasteiger partial charge in [-0.25, -0.2) is 0 Å². The number of hydrogen-bond acceptors (Lipinski definition) is 3. The fourth-order valence-electron chi connectivity index (χ4n) is 7.07. The predicted octanol–water partition coefficient (Wildman–Crippen LogP) is 6.25. The fraction of sp³-hybridized carbons (Fsp3) is 0.429. The standard InChI is InChI=1S/C28H30ClNO2/c29-23-8-5-19(6-9-23)17-32-26-10-7-22-3-1-2-4-24(22)25(26)16-30-27-12-20-11-21(13-27)15-28(31,14-20)18-27/h1-10,20-21,30-31H,11-18H2. The van der Waals surface area contributed by atoms with Crippen molar-refractivity contribution in [3.63, 3.8) is 0 Å². The molecule has 3 aromatic rings. The number of aliphatic hydroxyl groups is 1. The molecule has 0 aliphatic heterocycles. The molecule has 0 amide bonds. The average molecular weight is 448 g/mol. The maximum atomic E-state index is 11.1. The van der Waals surface area contributed by atoms with E-state index in [9.17, 15) is 5.11 Å². The first kappa shape index (κ1) is 20.5. The van der Waals surface area contributed by atoms with E-state index < -0.39 is 5.60 Å². The highest BCUT2D eigenvalue weighted by Crippen LogP contribution is 2.57. The van der Waals surface area contributed by atoms with E-state index in [0.29, 0.717) is 18.4 Å². The normalized spacial score (nSPS) is 30.7. The van der Waals surface area contributed by atoms with Crippen LogP contribution < -0.4 is 10.1 Å². The Morgan fingerprint density at radius 2 is 1.69 bits per heavy atom. The third-order valence-electron chi connectivity index (χ3n) is 7.98. The van der Waals surface area contributed by atoms with Crippen LogP contribution in [0.3, 0.4) is 0 Å². The van der Waals surface area contributed by atoms with Gasteiger partial charge in [0.2, 0.25) is 0 Å². The van der Waals surface area contributed by atoms with Gasteiger partial charge < -0.3 is 15.2 Å². The van der Waals surface area contributed by atoms with Crippen LogP contribution >= 0.6 is 11.6 Å². The summed E-state index contributed by atoms with van der Waals surface area (Å²) in [5.41, 5.74) is 1.91. The Bertz CT molecular complexity index is 1130. The molecule has 4 aliphatic carbocycles. The van der Waals surface area contributed by atoms with Crippen LogP contribution in [0.15, 0.2) is 60.7 Å². The van der Waals surface area contributed by atoms with Crippen LogP contribution in [0.2, 0.25) is 5.02 Å². The molecule has 0 aromatic heterocycles. The number of halogens is 1. The zero-order valence-electron chi connectivity index (χ0n) is 18.3. The Balaban J connectivity index is 1.28. The van der Waals surface area contributed by atoms with Gasteiger partial charge in [0, 0.05) is 22.7 Å². The van der Waals surface area contributed by atoms with E-state index in [2.05, 4.69) is 41.7 Å². The van der Waals surface area contributed by atoms with Gasteiger partial charge in [-0.15, -0.1) is 0 Å². The molecule has 4 bridgehead atoms. The molecule has 4 fully saturated rings. The average Bonchev–Trinajstić information content (AvgIpc) is 2.76. The maximum Gasteiger partial charge on any atom is 0.124 e. The zero-order chi connectivity index (χ0) is 21.8. The quantitative estimate of drug-likeness (QED) is 0.469. The molecule has 4 heteroatoms. The van der Waals surface area contributed by atoms with E-state index in [-0.39, 0.29) is 5.54 Å². The Morgan fingerprint density at radius 3 is 2.44 bits per heavy atom. The van der Waals surface area contributed by atoms with Crippen molar-refractivity contribution in [2.45, 2.75) is 62.8 Å². The molecule has 0 saturated heterocycles. The van der Waals surface area contributed by atoms with Crippen molar-refractivity contribution in [3.05, 3.63) is 76.8 Å². The SMILES string of the molecule is OC12CC3CC(C1)CC(NCc1c(OCc4ccc(Cl)cc4)ccc4ccccc14)(C3)C2. The van der Waals surface area contributed by atoms with Crippen molar-refractivity contribution in [1.29, 1.82) is 0 Å². The molecule has 4 saturated carbocycles. The second-order valence-electron chi connectivity index (χ2n) is 10.5. The second kappa shape index (κ2) is 7.76. The van der Waals surface area contributed by atoms with E-state index in [4.69, 9.17) is 16.3 Å². The smallest absolute Gasteiger partial charge is 0.124 e. The molecule has 2 unspecified atom stereocenters. The van der Waals surface area contributed by atoms with Gasteiger partial charge >= 0.3 is 0 Å². The van der Waals surface area contributed by atoms with Gasteiger partial charge in [0.05, 0.1) is 5.60 Å². The molecule has 3 nitrogen and oxygen atoms in total. The van der Waals surface area contributed by atoms with Crippen LogP contribution in [0, 0.1) is 11.8 Å². The lowest BCUT2D eigenvalue weighted by molar-refractivity contribution is -0.142. The van der Waals surface area contributed by atoms with Crippen molar-refractivity contribution in [3.8, 4) is 5.75 Å². The highest BCUT2D eigenvalue weighted by atomic mass is 35.5. The minimum Gasteiger partial charge on any atom is -0.489 e. The van der Waals surface area contributed by atoms with Crippen molar-refractivity contribution < 1.29 is 9.84 Å². The second-order valence-corrected chi connectivity index (χ2v) is 10.9. The summed E-state index contributed by atoms with van der Waals surface area (Å²) < 4.78 is 6.33. The Labute approximate surface area is 194 Å². The van der Waals surface area contributed by atoms with Crippen LogP contribution in [0.5, 0.6) is 5.75 Å². The topological polar surface area (TPSA) is 41.5 Å². The summed E-state index contributed by atoms with van der Waals surface area (Å²) in [5.74, 6) is 2.26. The summed E-state index contributed by atoms with van der Waals surface area (Å²) >= 11 is 6.03. The molecule has 7 rings (SSSR count). The fourth-order valence-corrected chi connectivity index (χ4v) is 7.20. The first-order chi connectivity index (χ1) is 15.5. The van der Waals surface area contributed by atoms with Crippen LogP contribution in [0.25, 0.3) is 10.8 Å². The minimum absolute atomic E-state index is 0.0588. The molecule has 4 aliphatic rings. The molecule has 2 atom stereocenters. The lowest BCUT2D eigenvalue weighted by Crippen LogP contribution is -2.64. The Hall–Kier alpha value is -2.07. The monoisotopic (exact) mass is 447 g/mol. The van der Waals surface area contributed by atoms with Gasteiger partial charge in [0.25, 0.3) is 0 Å².